The van der Waals surface area contributed by atoms with Gasteiger partial charge in [-0.15, -0.1) is 6.42 Å². The third-order valence-electron chi connectivity index (χ3n) is 0.586. The second-order valence-electron chi connectivity index (χ2n) is 1.05. The number of halogens is 2. The Balaban J connectivity index is 0. The van der Waals surface area contributed by atoms with Crippen molar-refractivity contribution >= 4 is 0 Å². The summed E-state index contributed by atoms with van der Waals surface area (Å²) < 4.78 is 19.5. The molecule has 0 saturated carbocycles. The third kappa shape index (κ3) is 11.5. The summed E-state index contributed by atoms with van der Waals surface area (Å²) in [6.07, 6.45) is 10.0. The molecule has 0 bridgehead atoms. The summed E-state index contributed by atoms with van der Waals surface area (Å²) in [6, 6.07) is 0. The van der Waals surface area contributed by atoms with Gasteiger partial charge in [-0.2, -0.15) is 6.08 Å². The molecule has 9 heavy (non-hydrogen) atoms. The van der Waals surface area contributed by atoms with E-state index in [9.17, 15) is 6.57 Å². The normalized spacial score (nSPS) is 12.2. The molecule has 0 aromatic rings. The molecule has 0 heterocycles. The van der Waals surface area contributed by atoms with E-state index in [-0.39, 0.29) is 7.43 Å². The van der Waals surface area contributed by atoms with Gasteiger partial charge in [-0.3, -0.25) is 6.08 Å². The summed E-state index contributed by atoms with van der Waals surface area (Å²) in [7, 11) is 0. The van der Waals surface area contributed by atoms with E-state index >= 15 is 0 Å². The first kappa shape index (κ1) is 11.7. The monoisotopic (exact) mass is 310 g/mol. The molecule has 0 fully saturated rings. The predicted molar refractivity (Wildman–Crippen MR) is 30.2 cm³/mol. The van der Waals surface area contributed by atoms with E-state index in [0.717, 1.165) is 6.42 Å². The fraction of sp³-hybridized carbons (Fsp3) is 0.167. The molecule has 1 aliphatic rings. The van der Waals surface area contributed by atoms with Crippen LogP contribution in [0.1, 0.15) is 6.42 Å². The maximum atomic E-state index is 9.76. The Hall–Kier alpha value is -0.0236. The summed E-state index contributed by atoms with van der Waals surface area (Å²) in [5.41, 5.74) is 0. The van der Waals surface area contributed by atoms with Gasteiger partial charge in [-0.25, -0.2) is 12.2 Å². The summed E-state index contributed by atoms with van der Waals surface area (Å²) in [5, 5.41) is 0. The van der Waals surface area contributed by atoms with E-state index in [2.05, 4.69) is 12.2 Å². The Morgan fingerprint density at radius 3 is 2.11 bits per heavy atom. The summed E-state index contributed by atoms with van der Waals surface area (Å²) in [4.78, 5) is 0. The Morgan fingerprint density at radius 1 is 1.44 bits per heavy atom. The zero-order chi connectivity index (χ0) is 6.24. The Morgan fingerprint density at radius 2 is 2.00 bits per heavy atom. The molecule has 0 spiro atoms. The van der Waals surface area contributed by atoms with Crippen LogP contribution in [0.3, 0.4) is 0 Å². The van der Waals surface area contributed by atoms with Crippen LogP contribution >= 0.6 is 0 Å². The zero-order valence-electron chi connectivity index (χ0n) is 5.05. The molecule has 0 unspecified atom stereocenters. The van der Waals surface area contributed by atoms with Crippen molar-refractivity contribution in [3.05, 3.63) is 31.7 Å². The number of hydrogen-bond donors (Lipinski definition) is 0. The minimum atomic E-state index is -2.58. The molecule has 56 valence electrons. The molecule has 0 N–H and O–H groups in total. The van der Waals surface area contributed by atoms with Gasteiger partial charge in [0.25, 0.3) is 0 Å². The average molecular weight is 308 g/mol. The molecule has 0 aromatic heterocycles. The molecule has 0 aliphatic heterocycles. The van der Waals surface area contributed by atoms with Gasteiger partial charge in [0.05, 0.1) is 0 Å². The molecule has 0 radical (unpaired) electrons. The van der Waals surface area contributed by atoms with Gasteiger partial charge < -0.3 is 7.43 Å². The minimum absolute atomic E-state index is 0. The molecule has 0 aromatic carbocycles. The van der Waals surface area contributed by atoms with Crippen LogP contribution < -0.4 is 0 Å². The van der Waals surface area contributed by atoms with Gasteiger partial charge in [0.15, 0.2) is 0 Å². The van der Waals surface area contributed by atoms with Crippen LogP contribution in [0.2, 0.25) is 0 Å². The quantitative estimate of drug-likeness (QED) is 0.604. The van der Waals surface area contributed by atoms with Crippen LogP contribution in [0, 0.1) is 13.5 Å². The van der Waals surface area contributed by atoms with Crippen LogP contribution in [-0.2, 0) is 18.4 Å². The van der Waals surface area contributed by atoms with Crippen molar-refractivity contribution < 1.29 is 25.0 Å². The molecular formula is C6H8F2Os-2. The maximum absolute atomic E-state index is 9.76. The van der Waals surface area contributed by atoms with Crippen molar-refractivity contribution in [1.29, 1.82) is 0 Å². The van der Waals surface area contributed by atoms with Crippen molar-refractivity contribution in [3.8, 4) is 0 Å². The summed E-state index contributed by atoms with van der Waals surface area (Å²) >= 11 is -2.58. The fourth-order valence-corrected chi connectivity index (χ4v) is 0.340. The van der Waals surface area contributed by atoms with Crippen LogP contribution in [0.25, 0.3) is 0 Å². The number of hydrogen-bond acceptors (Lipinski definition) is 0. The van der Waals surface area contributed by atoms with E-state index in [4.69, 9.17) is 0 Å². The summed E-state index contributed by atoms with van der Waals surface area (Å²) in [6.45, 7) is 0. The molecule has 0 nitrogen and oxygen atoms in total. The Kier molecular flexibility index (Phi) is 14.2. The van der Waals surface area contributed by atoms with Crippen molar-refractivity contribution in [2.24, 2.45) is 0 Å². The Labute approximate surface area is 63.6 Å². The fourth-order valence-electron chi connectivity index (χ4n) is 0.340. The standard InChI is InChI=1S/C5H5.CH3.2FH.Os/c1-2-4-5-3-1;;;;/h1-3H,4H2;1H3;2*1H;/q2*-1;;;+2/p-2. The SMILES string of the molecule is [C-]1=CC=CC1.[CH3-].[F][Os][F]. The molecule has 1 aliphatic carbocycles. The van der Waals surface area contributed by atoms with Gasteiger partial charge in [-0.1, -0.05) is 0 Å². The van der Waals surface area contributed by atoms with Gasteiger partial charge >= 0.3 is 25.0 Å². The molecule has 0 amide bonds. The molecular weight excluding hydrogens is 300 g/mol. The van der Waals surface area contributed by atoms with E-state index < -0.39 is 18.4 Å². The molecule has 0 atom stereocenters. The first-order chi connectivity index (χ1) is 3.91. The number of rotatable bonds is 0. The van der Waals surface area contributed by atoms with Gasteiger partial charge in [0.1, 0.15) is 0 Å². The van der Waals surface area contributed by atoms with Crippen molar-refractivity contribution in [2.75, 3.05) is 0 Å². The van der Waals surface area contributed by atoms with Crippen LogP contribution in [0.15, 0.2) is 18.2 Å². The van der Waals surface area contributed by atoms with Crippen LogP contribution in [0.4, 0.5) is 6.57 Å². The van der Waals surface area contributed by atoms with Crippen molar-refractivity contribution in [1.82, 2.24) is 0 Å². The third-order valence-corrected chi connectivity index (χ3v) is 0.586. The van der Waals surface area contributed by atoms with Crippen LogP contribution in [0.5, 0.6) is 0 Å². The molecule has 3 heteroatoms. The first-order valence-electron chi connectivity index (χ1n) is 1.98. The van der Waals surface area contributed by atoms with E-state index in [0.29, 0.717) is 0 Å². The second kappa shape index (κ2) is 10.9. The predicted octanol–water partition coefficient (Wildman–Crippen LogP) is 2.59. The zero-order valence-corrected chi connectivity index (χ0v) is 7.59. The first-order valence-corrected chi connectivity index (χ1v) is 3.90. The Bertz CT molecular complexity index is 79.1. The molecule has 0 saturated heterocycles. The van der Waals surface area contributed by atoms with Gasteiger partial charge in [-0.05, 0) is 0 Å². The van der Waals surface area contributed by atoms with E-state index in [1.54, 1.807) is 0 Å². The van der Waals surface area contributed by atoms with E-state index in [1.807, 2.05) is 12.2 Å². The number of allylic oxidation sites excluding steroid dienone is 4. The topological polar surface area (TPSA) is 0 Å². The average Bonchev–Trinajstić information content (AvgIpc) is 2.17. The van der Waals surface area contributed by atoms with Crippen molar-refractivity contribution in [2.45, 2.75) is 6.42 Å². The van der Waals surface area contributed by atoms with Crippen molar-refractivity contribution in [3.63, 3.8) is 0 Å². The van der Waals surface area contributed by atoms with E-state index in [1.165, 1.54) is 0 Å². The summed E-state index contributed by atoms with van der Waals surface area (Å²) in [5.74, 6) is 0. The van der Waals surface area contributed by atoms with Gasteiger partial charge in [0.2, 0.25) is 0 Å². The van der Waals surface area contributed by atoms with Gasteiger partial charge in [0, 0.05) is 0 Å². The second-order valence-corrected chi connectivity index (χ2v) is 1.42. The van der Waals surface area contributed by atoms with Crippen LogP contribution in [-0.4, -0.2) is 0 Å². The molecule has 1 rings (SSSR count).